The molecule has 0 bridgehead atoms. The molecule has 6 aromatic rings. The molecule has 0 radical (unpaired) electrons. The number of anilines is 6. The average molecular weight is 825 g/mol. The van der Waals surface area contributed by atoms with Crippen molar-refractivity contribution in [3.8, 4) is 11.1 Å². The van der Waals surface area contributed by atoms with Crippen molar-refractivity contribution >= 4 is 34.1 Å². The maximum absolute atomic E-state index is 2.46. The molecule has 6 rings (SSSR count). The van der Waals surface area contributed by atoms with Gasteiger partial charge in [0.05, 0.1) is 11.4 Å². The van der Waals surface area contributed by atoms with E-state index in [0.29, 0.717) is 0 Å². The van der Waals surface area contributed by atoms with Gasteiger partial charge >= 0.3 is 0 Å². The molecule has 0 atom stereocenters. The Kier molecular flexibility index (Phi) is 13.4. The molecule has 0 amide bonds. The van der Waals surface area contributed by atoms with E-state index in [0.717, 1.165) is 37.1 Å². The zero-order valence-corrected chi connectivity index (χ0v) is 41.3. The minimum Gasteiger partial charge on any atom is -0.310 e. The van der Waals surface area contributed by atoms with Crippen molar-refractivity contribution in [1.82, 2.24) is 0 Å². The Labute approximate surface area is 377 Å². The fourth-order valence-electron chi connectivity index (χ4n) is 9.25. The summed E-state index contributed by atoms with van der Waals surface area (Å²) in [5.74, 6) is 0. The van der Waals surface area contributed by atoms with Crippen LogP contribution in [0.2, 0.25) is 0 Å². The first-order valence-electron chi connectivity index (χ1n) is 23.4. The van der Waals surface area contributed by atoms with Crippen LogP contribution in [0.5, 0.6) is 0 Å². The molecular formula is C60H76N2. The molecule has 0 aliphatic carbocycles. The molecule has 62 heavy (non-hydrogen) atoms. The van der Waals surface area contributed by atoms with Gasteiger partial charge in [-0.2, -0.15) is 0 Å². The van der Waals surface area contributed by atoms with Crippen molar-refractivity contribution in [2.24, 2.45) is 0 Å². The molecule has 2 heteroatoms. The highest BCUT2D eigenvalue weighted by molar-refractivity contribution is 5.84. The summed E-state index contributed by atoms with van der Waals surface area (Å²) >= 11 is 0. The predicted octanol–water partition coefficient (Wildman–Crippen LogP) is 18.3. The van der Waals surface area contributed by atoms with Crippen molar-refractivity contribution in [2.75, 3.05) is 9.80 Å². The smallest absolute Gasteiger partial charge is 0.0520 e. The lowest BCUT2D eigenvalue weighted by atomic mass is 9.78. The van der Waals surface area contributed by atoms with E-state index in [9.17, 15) is 0 Å². The minimum atomic E-state index is 0.0735. The van der Waals surface area contributed by atoms with Gasteiger partial charge in [0.25, 0.3) is 0 Å². The molecule has 2 nitrogen and oxygen atoms in total. The summed E-state index contributed by atoms with van der Waals surface area (Å²) in [6.45, 7) is 36.9. The first-order chi connectivity index (χ1) is 29.2. The molecule has 0 unspecified atom stereocenters. The summed E-state index contributed by atoms with van der Waals surface area (Å²) in [6, 6.07) is 46.6. The van der Waals surface area contributed by atoms with Crippen molar-refractivity contribution in [2.45, 2.75) is 158 Å². The monoisotopic (exact) mass is 825 g/mol. The first-order valence-corrected chi connectivity index (χ1v) is 23.4. The van der Waals surface area contributed by atoms with Crippen LogP contribution >= 0.6 is 0 Å². The second-order valence-electron chi connectivity index (χ2n) is 20.8. The SMILES string of the molecule is CCC(C)(CC)c1ccc(N(c2ccc(-c3ccc(N(c4ccc(C(C)(CC)CC)cc4)c4c(C)cc(C(C)(C)C)cc4C)cc3)cc2)c2c(C)cc(C(C)(C)C)cc2C)cc1. The third-order valence-corrected chi connectivity index (χ3v) is 14.5. The van der Waals surface area contributed by atoms with Crippen LogP contribution in [0, 0.1) is 27.7 Å². The topological polar surface area (TPSA) is 6.48 Å². The zero-order valence-electron chi connectivity index (χ0n) is 41.3. The first kappa shape index (κ1) is 46.4. The molecule has 326 valence electrons. The Morgan fingerprint density at radius 3 is 0.758 bits per heavy atom. The van der Waals surface area contributed by atoms with E-state index in [1.807, 2.05) is 0 Å². The fourth-order valence-corrected chi connectivity index (χ4v) is 9.25. The summed E-state index contributed by atoms with van der Waals surface area (Å²) in [5, 5.41) is 0. The van der Waals surface area contributed by atoms with E-state index in [1.54, 1.807) is 0 Å². The van der Waals surface area contributed by atoms with Gasteiger partial charge in [-0.1, -0.05) is 156 Å². The highest BCUT2D eigenvalue weighted by atomic mass is 15.2. The lowest BCUT2D eigenvalue weighted by Gasteiger charge is -2.32. The van der Waals surface area contributed by atoms with E-state index in [1.165, 1.54) is 78.4 Å². The van der Waals surface area contributed by atoms with Gasteiger partial charge in [0.2, 0.25) is 0 Å². The van der Waals surface area contributed by atoms with Crippen molar-refractivity contribution in [3.63, 3.8) is 0 Å². The summed E-state index contributed by atoms with van der Waals surface area (Å²) < 4.78 is 0. The number of nitrogens with zero attached hydrogens (tertiary/aromatic N) is 2. The van der Waals surface area contributed by atoms with Gasteiger partial charge in [-0.25, -0.2) is 0 Å². The largest absolute Gasteiger partial charge is 0.310 e. The van der Waals surface area contributed by atoms with Gasteiger partial charge in [0, 0.05) is 22.7 Å². The third-order valence-electron chi connectivity index (χ3n) is 14.5. The van der Waals surface area contributed by atoms with E-state index < -0.39 is 0 Å². The van der Waals surface area contributed by atoms with Gasteiger partial charge < -0.3 is 9.80 Å². The van der Waals surface area contributed by atoms with Crippen molar-refractivity contribution in [3.05, 3.63) is 166 Å². The molecule has 0 saturated heterocycles. The quantitative estimate of drug-likeness (QED) is 0.114. The van der Waals surface area contributed by atoms with E-state index in [2.05, 4.69) is 242 Å². The van der Waals surface area contributed by atoms with Crippen LogP contribution in [0.4, 0.5) is 34.1 Å². The number of aryl methyl sites for hydroxylation is 4. The molecule has 0 fully saturated rings. The third kappa shape index (κ3) is 9.32. The van der Waals surface area contributed by atoms with Crippen LogP contribution in [0.1, 0.15) is 153 Å². The average Bonchev–Trinajstić information content (AvgIpc) is 3.25. The van der Waals surface area contributed by atoms with Crippen LogP contribution in [-0.2, 0) is 21.7 Å². The normalized spacial score (nSPS) is 12.5. The Balaban J connectivity index is 1.41. The Bertz CT molecular complexity index is 2220. The number of benzene rings is 6. The number of hydrogen-bond acceptors (Lipinski definition) is 2. The number of rotatable bonds is 13. The summed E-state index contributed by atoms with van der Waals surface area (Å²) in [4.78, 5) is 4.93. The lowest BCUT2D eigenvalue weighted by Crippen LogP contribution is -2.20. The molecule has 0 aliphatic heterocycles. The highest BCUT2D eigenvalue weighted by Gasteiger charge is 2.27. The maximum atomic E-state index is 2.46. The van der Waals surface area contributed by atoms with Crippen molar-refractivity contribution in [1.29, 1.82) is 0 Å². The van der Waals surface area contributed by atoms with Gasteiger partial charge in [-0.3, -0.25) is 0 Å². The maximum Gasteiger partial charge on any atom is 0.0520 e. The van der Waals surface area contributed by atoms with Crippen LogP contribution in [0.15, 0.2) is 121 Å². The van der Waals surface area contributed by atoms with E-state index in [4.69, 9.17) is 0 Å². The van der Waals surface area contributed by atoms with Crippen LogP contribution in [0.25, 0.3) is 11.1 Å². The molecule has 0 heterocycles. The Morgan fingerprint density at radius 1 is 0.323 bits per heavy atom. The second-order valence-corrected chi connectivity index (χ2v) is 20.8. The van der Waals surface area contributed by atoms with Crippen LogP contribution in [-0.4, -0.2) is 0 Å². The van der Waals surface area contributed by atoms with E-state index in [-0.39, 0.29) is 21.7 Å². The molecule has 0 aromatic heterocycles. The van der Waals surface area contributed by atoms with Gasteiger partial charge in [0.1, 0.15) is 0 Å². The molecule has 0 aliphatic rings. The zero-order chi connectivity index (χ0) is 45.4. The van der Waals surface area contributed by atoms with Gasteiger partial charge in [-0.15, -0.1) is 0 Å². The standard InChI is InChI=1S/C60H76N2/c1-17-59(15,18-2)47-25-33-53(34-26-47)61(55-41(5)37-49(38-42(55)6)57(9,10)11)51-29-21-45(22-30-51)46-23-31-52(32-24-46)62(54-35-27-48(28-36-54)60(16,19-3)20-4)56-43(7)39-50(40-44(56)8)58(12,13)14/h21-40H,17-20H2,1-16H3. The summed E-state index contributed by atoms with van der Waals surface area (Å²) in [6.07, 6.45) is 4.48. The summed E-state index contributed by atoms with van der Waals surface area (Å²) in [5.41, 5.74) is 20.7. The fraction of sp³-hybridized carbons (Fsp3) is 0.400. The van der Waals surface area contributed by atoms with Crippen molar-refractivity contribution < 1.29 is 0 Å². The van der Waals surface area contributed by atoms with Gasteiger partial charge in [0.15, 0.2) is 0 Å². The van der Waals surface area contributed by atoms with Crippen LogP contribution in [0.3, 0.4) is 0 Å². The van der Waals surface area contributed by atoms with Gasteiger partial charge in [-0.05, 0) is 179 Å². The Hall–Kier alpha value is -5.08. The summed E-state index contributed by atoms with van der Waals surface area (Å²) in [7, 11) is 0. The number of hydrogen-bond donors (Lipinski definition) is 0. The highest BCUT2D eigenvalue weighted by Crippen LogP contribution is 2.45. The Morgan fingerprint density at radius 2 is 0.548 bits per heavy atom. The second kappa shape index (κ2) is 18.0. The molecule has 0 N–H and O–H groups in total. The molecule has 0 spiro atoms. The molecule has 0 saturated carbocycles. The van der Waals surface area contributed by atoms with E-state index >= 15 is 0 Å². The molecule has 6 aromatic carbocycles. The van der Waals surface area contributed by atoms with Crippen LogP contribution < -0.4 is 9.80 Å². The lowest BCUT2D eigenvalue weighted by molar-refractivity contribution is 0.439. The predicted molar refractivity (Wildman–Crippen MR) is 273 cm³/mol. The minimum absolute atomic E-state index is 0.0735. The molecular weight excluding hydrogens is 749 g/mol.